The third-order valence-electron chi connectivity index (χ3n) is 3.52. The highest BCUT2D eigenvalue weighted by atomic mass is 35.5. The van der Waals surface area contributed by atoms with E-state index in [9.17, 15) is 5.11 Å². The highest BCUT2D eigenvalue weighted by Crippen LogP contribution is 2.30. The zero-order chi connectivity index (χ0) is 14.8. The number of hydrogen-bond acceptors (Lipinski definition) is 3. The number of halogens is 1. The molecule has 2 aromatic heterocycles. The van der Waals surface area contributed by atoms with Gasteiger partial charge in [-0.2, -0.15) is 0 Å². The molecule has 3 nitrogen and oxygen atoms in total. The molecule has 0 radical (unpaired) electrons. The molecule has 0 amide bonds. The van der Waals surface area contributed by atoms with Gasteiger partial charge in [-0.05, 0) is 43.2 Å². The summed E-state index contributed by atoms with van der Waals surface area (Å²) in [6, 6.07) is 11.7. The molecule has 0 unspecified atom stereocenters. The van der Waals surface area contributed by atoms with Gasteiger partial charge in [-0.3, -0.25) is 4.98 Å². The number of aryl methyl sites for hydroxylation is 1. The lowest BCUT2D eigenvalue weighted by molar-refractivity contribution is 0.299. The minimum atomic E-state index is 0.0834. The molecule has 0 atom stereocenters. The topological polar surface area (TPSA) is 46.0 Å². The van der Waals surface area contributed by atoms with Crippen LogP contribution in [-0.4, -0.2) is 21.7 Å². The van der Waals surface area contributed by atoms with Gasteiger partial charge in [-0.25, -0.2) is 4.98 Å². The Balaban J connectivity index is 2.31. The molecule has 21 heavy (non-hydrogen) atoms. The van der Waals surface area contributed by atoms with Crippen molar-refractivity contribution >= 4 is 22.5 Å². The van der Waals surface area contributed by atoms with Crippen molar-refractivity contribution in [2.75, 3.05) is 6.61 Å². The molecule has 0 aliphatic carbocycles. The summed E-state index contributed by atoms with van der Waals surface area (Å²) >= 11 is 6.26. The van der Waals surface area contributed by atoms with E-state index in [0.29, 0.717) is 11.4 Å². The maximum Gasteiger partial charge on any atom is 0.0895 e. The van der Waals surface area contributed by atoms with Crippen molar-refractivity contribution in [3.63, 3.8) is 0 Å². The van der Waals surface area contributed by atoms with E-state index in [2.05, 4.69) is 4.98 Å². The van der Waals surface area contributed by atoms with Gasteiger partial charge in [-0.1, -0.05) is 23.7 Å². The fourth-order valence-corrected chi connectivity index (χ4v) is 2.71. The number of nitrogens with zero attached hydrogens (tertiary/aromatic N) is 2. The van der Waals surface area contributed by atoms with Crippen LogP contribution in [0.15, 0.2) is 42.6 Å². The molecule has 0 aliphatic rings. The first-order valence-corrected chi connectivity index (χ1v) is 7.19. The van der Waals surface area contributed by atoms with Crippen LogP contribution in [0.5, 0.6) is 0 Å². The summed E-state index contributed by atoms with van der Waals surface area (Å²) in [5, 5.41) is 10.9. The Morgan fingerprint density at radius 3 is 2.81 bits per heavy atom. The summed E-state index contributed by atoms with van der Waals surface area (Å²) in [4.78, 5) is 9.07. The van der Waals surface area contributed by atoms with Crippen molar-refractivity contribution in [1.82, 2.24) is 9.97 Å². The summed E-state index contributed by atoms with van der Waals surface area (Å²) in [6.07, 6.45) is 2.32. The number of fused-ring (bicyclic) bond motifs is 1. The average molecular weight is 299 g/mol. The van der Waals surface area contributed by atoms with E-state index < -0.39 is 0 Å². The van der Waals surface area contributed by atoms with E-state index in [1.165, 1.54) is 0 Å². The van der Waals surface area contributed by atoms with Gasteiger partial charge in [0.15, 0.2) is 0 Å². The Morgan fingerprint density at radius 2 is 2.05 bits per heavy atom. The van der Waals surface area contributed by atoms with Crippen LogP contribution in [0.25, 0.3) is 22.2 Å². The molecule has 4 heteroatoms. The third kappa shape index (κ3) is 2.62. The van der Waals surface area contributed by atoms with Gasteiger partial charge >= 0.3 is 0 Å². The molecular weight excluding hydrogens is 284 g/mol. The van der Waals surface area contributed by atoms with E-state index in [4.69, 9.17) is 16.6 Å². The zero-order valence-electron chi connectivity index (χ0n) is 11.7. The number of aliphatic hydroxyl groups is 1. The van der Waals surface area contributed by atoms with Gasteiger partial charge < -0.3 is 5.11 Å². The largest absolute Gasteiger partial charge is 0.396 e. The number of benzene rings is 1. The standard InChI is InChI=1S/C17H15ClN2O/c1-11-14(5-3-8-19-11)16-13(7-9-21)10-12-4-2-6-15(18)17(12)20-16/h2-6,8,10,21H,7,9H2,1H3. The van der Waals surface area contributed by atoms with Crippen molar-refractivity contribution in [2.24, 2.45) is 0 Å². The van der Waals surface area contributed by atoms with Crippen molar-refractivity contribution < 1.29 is 5.11 Å². The SMILES string of the molecule is Cc1ncccc1-c1nc2c(Cl)cccc2cc1CCO. The van der Waals surface area contributed by atoms with Crippen molar-refractivity contribution in [3.8, 4) is 11.3 Å². The van der Waals surface area contributed by atoms with E-state index in [1.807, 2.05) is 43.3 Å². The summed E-state index contributed by atoms with van der Waals surface area (Å²) in [5.41, 5.74) is 4.51. The Morgan fingerprint density at radius 1 is 1.19 bits per heavy atom. The van der Waals surface area contributed by atoms with E-state index in [0.717, 1.165) is 33.4 Å². The molecule has 0 bridgehead atoms. The van der Waals surface area contributed by atoms with Crippen LogP contribution in [0, 0.1) is 6.92 Å². The van der Waals surface area contributed by atoms with Crippen LogP contribution in [-0.2, 0) is 6.42 Å². The lowest BCUT2D eigenvalue weighted by atomic mass is 10.0. The Hall–Kier alpha value is -1.97. The Bertz CT molecular complexity index is 802. The van der Waals surface area contributed by atoms with E-state index in [-0.39, 0.29) is 6.61 Å². The molecule has 0 saturated carbocycles. The second-order valence-electron chi connectivity index (χ2n) is 4.92. The highest BCUT2D eigenvalue weighted by molar-refractivity contribution is 6.35. The minimum Gasteiger partial charge on any atom is -0.396 e. The van der Waals surface area contributed by atoms with Gasteiger partial charge in [0.1, 0.15) is 0 Å². The lowest BCUT2D eigenvalue weighted by Crippen LogP contribution is -2.00. The van der Waals surface area contributed by atoms with Crippen LogP contribution in [0.1, 0.15) is 11.3 Å². The van der Waals surface area contributed by atoms with Crippen LogP contribution in [0.3, 0.4) is 0 Å². The smallest absolute Gasteiger partial charge is 0.0895 e. The van der Waals surface area contributed by atoms with Crippen LogP contribution < -0.4 is 0 Å². The molecular formula is C17H15ClN2O. The maximum atomic E-state index is 9.32. The first-order chi connectivity index (χ1) is 10.2. The predicted octanol–water partition coefficient (Wildman–Crippen LogP) is 3.79. The van der Waals surface area contributed by atoms with Gasteiger partial charge in [0.2, 0.25) is 0 Å². The number of para-hydroxylation sites is 1. The summed E-state index contributed by atoms with van der Waals surface area (Å²) in [7, 11) is 0. The first kappa shape index (κ1) is 14.0. The zero-order valence-corrected chi connectivity index (χ0v) is 12.4. The summed E-state index contributed by atoms with van der Waals surface area (Å²) in [5.74, 6) is 0. The highest BCUT2D eigenvalue weighted by Gasteiger charge is 2.12. The van der Waals surface area contributed by atoms with E-state index >= 15 is 0 Å². The second-order valence-corrected chi connectivity index (χ2v) is 5.32. The molecule has 0 fully saturated rings. The molecule has 0 spiro atoms. The first-order valence-electron chi connectivity index (χ1n) is 6.81. The average Bonchev–Trinajstić information content (AvgIpc) is 2.48. The molecule has 2 heterocycles. The molecule has 0 saturated heterocycles. The Labute approximate surface area is 128 Å². The van der Waals surface area contributed by atoms with Gasteiger partial charge in [0, 0.05) is 29.4 Å². The van der Waals surface area contributed by atoms with Crippen LogP contribution >= 0.6 is 11.6 Å². The number of aromatic nitrogens is 2. The van der Waals surface area contributed by atoms with Crippen molar-refractivity contribution in [1.29, 1.82) is 0 Å². The maximum absolute atomic E-state index is 9.32. The summed E-state index contributed by atoms with van der Waals surface area (Å²) < 4.78 is 0. The second kappa shape index (κ2) is 5.80. The predicted molar refractivity (Wildman–Crippen MR) is 85.5 cm³/mol. The monoisotopic (exact) mass is 298 g/mol. The number of rotatable bonds is 3. The molecule has 3 rings (SSSR count). The number of pyridine rings is 2. The normalized spacial score (nSPS) is 11.0. The van der Waals surface area contributed by atoms with Crippen LogP contribution in [0.4, 0.5) is 0 Å². The lowest BCUT2D eigenvalue weighted by Gasteiger charge is -2.12. The van der Waals surface area contributed by atoms with E-state index in [1.54, 1.807) is 6.20 Å². The minimum absolute atomic E-state index is 0.0834. The van der Waals surface area contributed by atoms with Crippen molar-refractivity contribution in [3.05, 3.63) is 58.9 Å². The molecule has 1 aromatic carbocycles. The van der Waals surface area contributed by atoms with Crippen LogP contribution in [0.2, 0.25) is 5.02 Å². The summed E-state index contributed by atoms with van der Waals surface area (Å²) in [6.45, 7) is 2.04. The Kier molecular flexibility index (Phi) is 3.86. The third-order valence-corrected chi connectivity index (χ3v) is 3.82. The van der Waals surface area contributed by atoms with Gasteiger partial charge in [0.05, 0.1) is 16.2 Å². The van der Waals surface area contributed by atoms with Gasteiger partial charge in [0.25, 0.3) is 0 Å². The quantitative estimate of drug-likeness (QED) is 0.800. The molecule has 3 aromatic rings. The van der Waals surface area contributed by atoms with Crippen molar-refractivity contribution in [2.45, 2.75) is 13.3 Å². The number of aliphatic hydroxyl groups excluding tert-OH is 1. The fourth-order valence-electron chi connectivity index (χ4n) is 2.48. The molecule has 106 valence electrons. The van der Waals surface area contributed by atoms with Gasteiger partial charge in [-0.15, -0.1) is 0 Å². The number of hydrogen-bond donors (Lipinski definition) is 1. The molecule has 0 aliphatic heterocycles. The fraction of sp³-hybridized carbons (Fsp3) is 0.176. The molecule has 1 N–H and O–H groups in total.